The van der Waals surface area contributed by atoms with Gasteiger partial charge in [0.15, 0.2) is 0 Å². The van der Waals surface area contributed by atoms with Crippen LogP contribution in [-0.2, 0) is 14.3 Å². The summed E-state index contributed by atoms with van der Waals surface area (Å²) in [5.41, 5.74) is -0.285. The van der Waals surface area contributed by atoms with Crippen LogP contribution in [0, 0.1) is 0 Å². The van der Waals surface area contributed by atoms with Crippen LogP contribution in [0.2, 0.25) is 0 Å². The largest absolute Gasteiger partial charge is 0.378 e. The molecule has 0 bridgehead atoms. The van der Waals surface area contributed by atoms with Crippen LogP contribution in [0.1, 0.15) is 13.3 Å². The molecular formula is C12H22N2O3. The predicted octanol–water partition coefficient (Wildman–Crippen LogP) is 0.0722. The van der Waals surface area contributed by atoms with Crippen molar-refractivity contribution in [2.75, 3.05) is 33.4 Å². The molecule has 2 unspecified atom stereocenters. The lowest BCUT2D eigenvalue weighted by Crippen LogP contribution is -2.50. The molecule has 1 aliphatic rings. The minimum absolute atomic E-state index is 0.0323. The molecule has 1 rings (SSSR count). The van der Waals surface area contributed by atoms with Crippen LogP contribution in [0.4, 0.5) is 0 Å². The maximum absolute atomic E-state index is 11.6. The zero-order valence-electron chi connectivity index (χ0n) is 10.6. The second kappa shape index (κ2) is 6.74. The normalized spacial score (nSPS) is 25.5. The van der Waals surface area contributed by atoms with Crippen LogP contribution in [0.25, 0.3) is 0 Å². The van der Waals surface area contributed by atoms with E-state index in [2.05, 4.69) is 17.2 Å². The molecular weight excluding hydrogens is 220 g/mol. The molecule has 0 radical (unpaired) electrons. The fraction of sp³-hybridized carbons (Fsp3) is 0.750. The number of rotatable bonds is 7. The zero-order chi connectivity index (χ0) is 12.7. The Morgan fingerprint density at radius 2 is 2.47 bits per heavy atom. The second-order valence-corrected chi connectivity index (χ2v) is 4.33. The first-order valence-electron chi connectivity index (χ1n) is 5.88. The van der Waals surface area contributed by atoms with Gasteiger partial charge in [-0.05, 0) is 6.92 Å². The van der Waals surface area contributed by atoms with Gasteiger partial charge in [0.2, 0.25) is 5.91 Å². The number of amides is 1. The van der Waals surface area contributed by atoms with Gasteiger partial charge >= 0.3 is 0 Å². The van der Waals surface area contributed by atoms with Crippen molar-refractivity contribution in [3.05, 3.63) is 12.7 Å². The Balaban J connectivity index is 2.33. The Hall–Kier alpha value is -0.910. The van der Waals surface area contributed by atoms with E-state index in [1.807, 2.05) is 6.92 Å². The maximum atomic E-state index is 11.6. The Morgan fingerprint density at radius 3 is 3.00 bits per heavy atom. The van der Waals surface area contributed by atoms with Crippen LogP contribution in [0.15, 0.2) is 12.7 Å². The molecule has 1 saturated heterocycles. The van der Waals surface area contributed by atoms with E-state index in [1.54, 1.807) is 13.2 Å². The molecule has 1 aliphatic heterocycles. The Kier molecular flexibility index (Phi) is 5.61. The lowest BCUT2D eigenvalue weighted by atomic mass is 10.0. The van der Waals surface area contributed by atoms with Gasteiger partial charge in [-0.15, -0.1) is 6.58 Å². The summed E-state index contributed by atoms with van der Waals surface area (Å²) >= 11 is 0. The summed E-state index contributed by atoms with van der Waals surface area (Å²) in [6.07, 6.45) is 2.52. The van der Waals surface area contributed by atoms with Crippen LogP contribution < -0.4 is 10.6 Å². The molecule has 98 valence electrons. The molecule has 1 fully saturated rings. The first-order chi connectivity index (χ1) is 8.13. The number of carbonyl (C=O) groups is 1. The standard InChI is InChI=1S/C12H22N2O3/c1-4-6-13-11(15)10(2)14-8-12(16-3)5-7-17-9-12/h4,10,14H,1,5-9H2,2-3H3,(H,13,15). The third kappa shape index (κ3) is 4.11. The minimum Gasteiger partial charge on any atom is -0.378 e. The molecule has 5 nitrogen and oxygen atoms in total. The van der Waals surface area contributed by atoms with Gasteiger partial charge in [-0.3, -0.25) is 4.79 Å². The Bertz CT molecular complexity index is 262. The number of nitrogens with one attached hydrogen (secondary N) is 2. The summed E-state index contributed by atoms with van der Waals surface area (Å²) in [6.45, 7) is 7.79. The molecule has 1 amide bonds. The molecule has 0 aliphatic carbocycles. The maximum Gasteiger partial charge on any atom is 0.237 e. The fourth-order valence-corrected chi connectivity index (χ4v) is 1.72. The molecule has 0 aromatic carbocycles. The van der Waals surface area contributed by atoms with E-state index in [-0.39, 0.29) is 17.6 Å². The summed E-state index contributed by atoms with van der Waals surface area (Å²) in [5.74, 6) is -0.0323. The van der Waals surface area contributed by atoms with Crippen LogP contribution in [-0.4, -0.2) is 51.0 Å². The third-order valence-corrected chi connectivity index (χ3v) is 3.04. The second-order valence-electron chi connectivity index (χ2n) is 4.33. The van der Waals surface area contributed by atoms with Gasteiger partial charge in [0.25, 0.3) is 0 Å². The summed E-state index contributed by atoms with van der Waals surface area (Å²) in [5, 5.41) is 5.92. The summed E-state index contributed by atoms with van der Waals surface area (Å²) in [4.78, 5) is 11.6. The number of ether oxygens (including phenoxy) is 2. The summed E-state index contributed by atoms with van der Waals surface area (Å²) in [6, 6.07) is -0.248. The van der Waals surface area contributed by atoms with Gasteiger partial charge in [-0.2, -0.15) is 0 Å². The number of methoxy groups -OCH3 is 1. The van der Waals surface area contributed by atoms with Gasteiger partial charge < -0.3 is 20.1 Å². The van der Waals surface area contributed by atoms with Crippen molar-refractivity contribution in [1.29, 1.82) is 0 Å². The lowest BCUT2D eigenvalue weighted by molar-refractivity contribution is -0.122. The molecule has 0 aromatic heterocycles. The van der Waals surface area contributed by atoms with Crippen molar-refractivity contribution in [1.82, 2.24) is 10.6 Å². The van der Waals surface area contributed by atoms with E-state index < -0.39 is 0 Å². The smallest absolute Gasteiger partial charge is 0.237 e. The van der Waals surface area contributed by atoms with E-state index in [9.17, 15) is 4.79 Å². The average Bonchev–Trinajstić information content (AvgIpc) is 2.82. The van der Waals surface area contributed by atoms with E-state index in [1.165, 1.54) is 0 Å². The fourth-order valence-electron chi connectivity index (χ4n) is 1.72. The van der Waals surface area contributed by atoms with E-state index in [0.717, 1.165) is 6.42 Å². The Labute approximate surface area is 103 Å². The van der Waals surface area contributed by atoms with Crippen LogP contribution >= 0.6 is 0 Å². The van der Waals surface area contributed by atoms with Crippen molar-refractivity contribution in [2.45, 2.75) is 25.0 Å². The highest BCUT2D eigenvalue weighted by Gasteiger charge is 2.35. The van der Waals surface area contributed by atoms with Crippen molar-refractivity contribution < 1.29 is 14.3 Å². The monoisotopic (exact) mass is 242 g/mol. The van der Waals surface area contributed by atoms with Crippen molar-refractivity contribution in [3.63, 3.8) is 0 Å². The zero-order valence-corrected chi connectivity index (χ0v) is 10.6. The number of hydrogen-bond donors (Lipinski definition) is 2. The van der Waals surface area contributed by atoms with Crippen molar-refractivity contribution in [3.8, 4) is 0 Å². The van der Waals surface area contributed by atoms with Gasteiger partial charge in [0.1, 0.15) is 5.60 Å². The van der Waals surface area contributed by atoms with Gasteiger partial charge in [0.05, 0.1) is 12.6 Å². The molecule has 17 heavy (non-hydrogen) atoms. The molecule has 2 atom stereocenters. The summed E-state index contributed by atoms with van der Waals surface area (Å²) in [7, 11) is 1.68. The highest BCUT2D eigenvalue weighted by Crippen LogP contribution is 2.21. The van der Waals surface area contributed by atoms with Crippen molar-refractivity contribution in [2.24, 2.45) is 0 Å². The average molecular weight is 242 g/mol. The number of carbonyl (C=O) groups excluding carboxylic acids is 1. The van der Waals surface area contributed by atoms with E-state index in [4.69, 9.17) is 9.47 Å². The molecule has 0 saturated carbocycles. The summed E-state index contributed by atoms with van der Waals surface area (Å²) < 4.78 is 10.8. The first-order valence-corrected chi connectivity index (χ1v) is 5.88. The van der Waals surface area contributed by atoms with Crippen molar-refractivity contribution >= 4 is 5.91 Å². The van der Waals surface area contributed by atoms with Gasteiger partial charge in [-0.1, -0.05) is 6.08 Å². The molecule has 2 N–H and O–H groups in total. The molecule has 0 aromatic rings. The van der Waals surface area contributed by atoms with Crippen LogP contribution in [0.5, 0.6) is 0 Å². The molecule has 0 spiro atoms. The molecule has 5 heteroatoms. The minimum atomic E-state index is -0.285. The van der Waals surface area contributed by atoms with E-state index in [0.29, 0.717) is 26.3 Å². The van der Waals surface area contributed by atoms with Crippen LogP contribution in [0.3, 0.4) is 0 Å². The topological polar surface area (TPSA) is 59.6 Å². The third-order valence-electron chi connectivity index (χ3n) is 3.04. The number of hydrogen-bond acceptors (Lipinski definition) is 4. The van der Waals surface area contributed by atoms with E-state index >= 15 is 0 Å². The van der Waals surface area contributed by atoms with Gasteiger partial charge in [-0.25, -0.2) is 0 Å². The first kappa shape index (κ1) is 14.2. The quantitative estimate of drug-likeness (QED) is 0.620. The highest BCUT2D eigenvalue weighted by atomic mass is 16.5. The highest BCUT2D eigenvalue weighted by molar-refractivity contribution is 5.81. The Morgan fingerprint density at radius 1 is 1.71 bits per heavy atom. The SMILES string of the molecule is C=CCNC(=O)C(C)NCC1(OC)CCOC1. The molecule has 1 heterocycles. The van der Waals surface area contributed by atoms with Gasteiger partial charge in [0, 0.05) is 33.2 Å². The predicted molar refractivity (Wildman–Crippen MR) is 65.8 cm³/mol. The lowest BCUT2D eigenvalue weighted by Gasteiger charge is -2.27.